The average Bonchev–Trinajstić information content (AvgIpc) is 2.36. The van der Waals surface area contributed by atoms with Crippen molar-refractivity contribution in [1.82, 2.24) is 5.32 Å². The van der Waals surface area contributed by atoms with E-state index < -0.39 is 0 Å². The summed E-state index contributed by atoms with van der Waals surface area (Å²) in [5, 5.41) is 4.53. The molecule has 0 fully saturated rings. The molecule has 0 aliphatic carbocycles. The lowest BCUT2D eigenvalue weighted by molar-refractivity contribution is 0.0951. The minimum Gasteiger partial charge on any atom is -0.352 e. The molecule has 1 amide bonds. The second-order valence-electron chi connectivity index (χ2n) is 4.28. The van der Waals surface area contributed by atoms with E-state index in [-0.39, 0.29) is 5.91 Å². The number of nitrogens with one attached hydrogen (secondary N) is 1. The van der Waals surface area contributed by atoms with Gasteiger partial charge in [-0.3, -0.25) is 4.79 Å². The standard InChI is InChI=1S/C13H16BrClINO/c1-9(8-14)3-2-6-17-13(18)11-7-10(15)4-5-12(11)16/h4-5,7,9H,2-3,6,8H2,1H3,(H,17,18). The molecule has 1 unspecified atom stereocenters. The van der Waals surface area contributed by atoms with Crippen LogP contribution in [-0.4, -0.2) is 17.8 Å². The topological polar surface area (TPSA) is 29.1 Å². The first-order valence-electron chi connectivity index (χ1n) is 5.83. The third-order valence-electron chi connectivity index (χ3n) is 2.60. The molecule has 1 atom stereocenters. The van der Waals surface area contributed by atoms with Crippen molar-refractivity contribution in [1.29, 1.82) is 0 Å². The Morgan fingerprint density at radius 2 is 2.28 bits per heavy atom. The quantitative estimate of drug-likeness (QED) is 0.391. The predicted octanol–water partition coefficient (Wildman–Crippen LogP) is 4.49. The van der Waals surface area contributed by atoms with Crippen molar-refractivity contribution in [2.24, 2.45) is 5.92 Å². The summed E-state index contributed by atoms with van der Waals surface area (Å²) in [7, 11) is 0. The molecule has 0 aliphatic rings. The Labute approximate surface area is 135 Å². The van der Waals surface area contributed by atoms with Crippen LogP contribution in [0.15, 0.2) is 18.2 Å². The van der Waals surface area contributed by atoms with E-state index in [2.05, 4.69) is 50.8 Å². The van der Waals surface area contributed by atoms with Gasteiger partial charge in [0, 0.05) is 20.5 Å². The molecule has 18 heavy (non-hydrogen) atoms. The molecular weight excluding hydrogens is 428 g/mol. The molecule has 0 heterocycles. The van der Waals surface area contributed by atoms with Gasteiger partial charge in [0.15, 0.2) is 0 Å². The van der Waals surface area contributed by atoms with Crippen LogP contribution in [0.2, 0.25) is 5.02 Å². The largest absolute Gasteiger partial charge is 0.352 e. The van der Waals surface area contributed by atoms with Crippen molar-refractivity contribution >= 4 is 56.0 Å². The molecule has 0 bridgehead atoms. The summed E-state index contributed by atoms with van der Waals surface area (Å²) >= 11 is 11.5. The average molecular weight is 445 g/mol. The number of amides is 1. The molecule has 100 valence electrons. The molecule has 1 aromatic rings. The summed E-state index contributed by atoms with van der Waals surface area (Å²) in [4.78, 5) is 11.9. The maximum Gasteiger partial charge on any atom is 0.252 e. The van der Waals surface area contributed by atoms with Gasteiger partial charge in [-0.1, -0.05) is 34.5 Å². The number of rotatable bonds is 6. The van der Waals surface area contributed by atoms with E-state index in [0.717, 1.165) is 21.7 Å². The van der Waals surface area contributed by atoms with Crippen LogP contribution in [0.1, 0.15) is 30.1 Å². The molecule has 1 N–H and O–H groups in total. The summed E-state index contributed by atoms with van der Waals surface area (Å²) in [6.07, 6.45) is 2.10. The number of hydrogen-bond donors (Lipinski definition) is 1. The summed E-state index contributed by atoms with van der Waals surface area (Å²) in [5.74, 6) is 0.599. The van der Waals surface area contributed by atoms with Crippen LogP contribution in [0.25, 0.3) is 0 Å². The molecule has 5 heteroatoms. The molecule has 0 saturated carbocycles. The van der Waals surface area contributed by atoms with E-state index >= 15 is 0 Å². The van der Waals surface area contributed by atoms with E-state index in [9.17, 15) is 4.79 Å². The van der Waals surface area contributed by atoms with Gasteiger partial charge in [-0.25, -0.2) is 0 Å². The van der Waals surface area contributed by atoms with Crippen LogP contribution >= 0.6 is 50.1 Å². The molecule has 0 aliphatic heterocycles. The van der Waals surface area contributed by atoms with Gasteiger partial charge in [0.1, 0.15) is 0 Å². The van der Waals surface area contributed by atoms with Crippen molar-refractivity contribution in [2.75, 3.05) is 11.9 Å². The third-order valence-corrected chi connectivity index (χ3v) is 4.88. The lowest BCUT2D eigenvalue weighted by atomic mass is 10.1. The molecular formula is C13H16BrClINO. The first-order chi connectivity index (χ1) is 8.54. The first-order valence-corrected chi connectivity index (χ1v) is 8.41. The van der Waals surface area contributed by atoms with Crippen molar-refractivity contribution in [2.45, 2.75) is 19.8 Å². The highest BCUT2D eigenvalue weighted by molar-refractivity contribution is 14.1. The Hall–Kier alpha value is 0.190. The van der Waals surface area contributed by atoms with Crippen LogP contribution in [0, 0.1) is 9.49 Å². The smallest absolute Gasteiger partial charge is 0.252 e. The molecule has 0 radical (unpaired) electrons. The van der Waals surface area contributed by atoms with Crippen molar-refractivity contribution in [3.05, 3.63) is 32.4 Å². The van der Waals surface area contributed by atoms with Gasteiger partial charge in [0.05, 0.1) is 5.56 Å². The predicted molar refractivity (Wildman–Crippen MR) is 88.7 cm³/mol. The van der Waals surface area contributed by atoms with Crippen LogP contribution in [0.5, 0.6) is 0 Å². The number of carbonyl (C=O) groups is 1. The van der Waals surface area contributed by atoms with Crippen LogP contribution in [0.3, 0.4) is 0 Å². The number of hydrogen-bond acceptors (Lipinski definition) is 1. The van der Waals surface area contributed by atoms with Gasteiger partial charge in [0.25, 0.3) is 5.91 Å². The number of benzene rings is 1. The highest BCUT2D eigenvalue weighted by Gasteiger charge is 2.10. The van der Waals surface area contributed by atoms with Crippen molar-refractivity contribution < 1.29 is 4.79 Å². The Morgan fingerprint density at radius 1 is 1.56 bits per heavy atom. The first kappa shape index (κ1) is 16.2. The summed E-state index contributed by atoms with van der Waals surface area (Å²) < 4.78 is 0.920. The van der Waals surface area contributed by atoms with Gasteiger partial charge in [-0.15, -0.1) is 0 Å². The van der Waals surface area contributed by atoms with E-state index in [4.69, 9.17) is 11.6 Å². The highest BCUT2D eigenvalue weighted by Crippen LogP contribution is 2.17. The van der Waals surface area contributed by atoms with Crippen molar-refractivity contribution in [3.63, 3.8) is 0 Å². The Kier molecular flexibility index (Phi) is 7.56. The van der Waals surface area contributed by atoms with Crippen LogP contribution < -0.4 is 5.32 Å². The third kappa shape index (κ3) is 5.45. The minimum atomic E-state index is -0.0478. The van der Waals surface area contributed by atoms with Crippen LogP contribution in [0.4, 0.5) is 0 Å². The van der Waals surface area contributed by atoms with Gasteiger partial charge in [0.2, 0.25) is 0 Å². The Morgan fingerprint density at radius 3 is 2.94 bits per heavy atom. The monoisotopic (exact) mass is 443 g/mol. The fourth-order valence-electron chi connectivity index (χ4n) is 1.50. The Bertz CT molecular complexity index is 414. The summed E-state index contributed by atoms with van der Waals surface area (Å²) in [5.41, 5.74) is 0.650. The van der Waals surface area contributed by atoms with E-state index in [0.29, 0.717) is 23.0 Å². The zero-order valence-electron chi connectivity index (χ0n) is 10.2. The van der Waals surface area contributed by atoms with Gasteiger partial charge < -0.3 is 5.32 Å². The second-order valence-corrected chi connectivity index (χ2v) is 6.53. The molecule has 1 rings (SSSR count). The van der Waals surface area contributed by atoms with Crippen molar-refractivity contribution in [3.8, 4) is 0 Å². The number of carbonyl (C=O) groups excluding carboxylic acids is 1. The molecule has 1 aromatic carbocycles. The summed E-state index contributed by atoms with van der Waals surface area (Å²) in [6, 6.07) is 5.35. The van der Waals surface area contributed by atoms with E-state index in [1.54, 1.807) is 12.1 Å². The molecule has 2 nitrogen and oxygen atoms in total. The lowest BCUT2D eigenvalue weighted by Crippen LogP contribution is -2.25. The minimum absolute atomic E-state index is 0.0478. The SMILES string of the molecule is CC(CBr)CCCNC(=O)c1cc(Cl)ccc1I. The molecule has 0 saturated heterocycles. The maximum atomic E-state index is 11.9. The fraction of sp³-hybridized carbons (Fsp3) is 0.462. The van der Waals surface area contributed by atoms with Gasteiger partial charge in [-0.05, 0) is 59.5 Å². The van der Waals surface area contributed by atoms with Gasteiger partial charge >= 0.3 is 0 Å². The van der Waals surface area contributed by atoms with E-state index in [1.165, 1.54) is 0 Å². The van der Waals surface area contributed by atoms with Gasteiger partial charge in [-0.2, -0.15) is 0 Å². The molecule has 0 spiro atoms. The number of alkyl halides is 1. The maximum absolute atomic E-state index is 11.9. The zero-order chi connectivity index (χ0) is 13.5. The van der Waals surface area contributed by atoms with E-state index in [1.807, 2.05) is 6.07 Å². The Balaban J connectivity index is 2.43. The summed E-state index contributed by atoms with van der Waals surface area (Å²) in [6.45, 7) is 2.90. The molecule has 0 aromatic heterocycles. The lowest BCUT2D eigenvalue weighted by Gasteiger charge is -2.09. The zero-order valence-corrected chi connectivity index (χ0v) is 14.7. The van der Waals surface area contributed by atoms with Crippen LogP contribution in [-0.2, 0) is 0 Å². The normalized spacial score (nSPS) is 12.2. The number of halogens is 3. The second kappa shape index (κ2) is 8.38. The fourth-order valence-corrected chi connectivity index (χ4v) is 2.57. The highest BCUT2D eigenvalue weighted by atomic mass is 127.